The number of ether oxygens (including phenoxy) is 1. The molecule has 0 fully saturated rings. The molecule has 1 aromatic carbocycles. The number of aromatic hydroxyl groups is 1. The van der Waals surface area contributed by atoms with Crippen molar-refractivity contribution in [1.82, 2.24) is 14.6 Å². The lowest BCUT2D eigenvalue weighted by Crippen LogP contribution is -1.93. The van der Waals surface area contributed by atoms with Gasteiger partial charge in [-0.2, -0.15) is 9.61 Å². The van der Waals surface area contributed by atoms with E-state index in [-0.39, 0.29) is 5.88 Å². The van der Waals surface area contributed by atoms with Gasteiger partial charge in [0.15, 0.2) is 5.65 Å². The van der Waals surface area contributed by atoms with E-state index in [4.69, 9.17) is 4.74 Å². The Labute approximate surface area is 110 Å². The molecule has 3 aromatic rings. The van der Waals surface area contributed by atoms with Crippen molar-refractivity contribution < 1.29 is 9.84 Å². The van der Waals surface area contributed by atoms with Gasteiger partial charge in [-0.1, -0.05) is 12.1 Å². The minimum absolute atomic E-state index is 0.0854. The van der Waals surface area contributed by atoms with E-state index in [9.17, 15) is 5.11 Å². The zero-order chi connectivity index (χ0) is 13.4. The van der Waals surface area contributed by atoms with Crippen LogP contribution < -0.4 is 4.74 Å². The van der Waals surface area contributed by atoms with E-state index in [0.29, 0.717) is 5.65 Å². The van der Waals surface area contributed by atoms with Gasteiger partial charge in [-0.15, -0.1) is 0 Å². The molecule has 0 amide bonds. The Balaban J connectivity index is 2.19. The number of nitrogens with zero attached hydrogens (tertiary/aromatic N) is 3. The smallest absolute Gasteiger partial charge is 0.215 e. The van der Waals surface area contributed by atoms with Crippen molar-refractivity contribution in [1.29, 1.82) is 0 Å². The molecule has 19 heavy (non-hydrogen) atoms. The lowest BCUT2D eigenvalue weighted by Gasteiger charge is -2.03. The quantitative estimate of drug-likeness (QED) is 0.764. The number of benzene rings is 1. The molecule has 0 atom stereocenters. The Kier molecular flexibility index (Phi) is 2.59. The lowest BCUT2D eigenvalue weighted by atomic mass is 10.1. The highest BCUT2D eigenvalue weighted by Gasteiger charge is 2.11. The highest BCUT2D eigenvalue weighted by atomic mass is 16.5. The standard InChI is InChI=1S/C14H13N3O2/c1-9-7-13(18)17-14(16-9)12(8-15-17)10-3-5-11(19-2)6-4-10/h3-8,18H,1-2H3. The van der Waals surface area contributed by atoms with Crippen LogP contribution in [0.4, 0.5) is 0 Å². The number of hydrogen-bond donors (Lipinski definition) is 1. The molecule has 1 N–H and O–H groups in total. The monoisotopic (exact) mass is 255 g/mol. The van der Waals surface area contributed by atoms with Gasteiger partial charge in [0.25, 0.3) is 0 Å². The molecule has 2 aromatic heterocycles. The highest BCUT2D eigenvalue weighted by Crippen LogP contribution is 2.27. The van der Waals surface area contributed by atoms with Gasteiger partial charge in [0.05, 0.1) is 13.3 Å². The molecule has 0 aliphatic carbocycles. The molecule has 96 valence electrons. The molecule has 0 bridgehead atoms. The van der Waals surface area contributed by atoms with Crippen molar-refractivity contribution in [2.24, 2.45) is 0 Å². The summed E-state index contributed by atoms with van der Waals surface area (Å²) in [5.74, 6) is 0.884. The summed E-state index contributed by atoms with van der Waals surface area (Å²) in [7, 11) is 1.63. The SMILES string of the molecule is COc1ccc(-c2cnn3c(O)cc(C)nc23)cc1. The third-order valence-corrected chi connectivity index (χ3v) is 2.98. The molecule has 0 radical (unpaired) electrons. The normalized spacial score (nSPS) is 10.8. The first-order valence-electron chi connectivity index (χ1n) is 5.88. The minimum Gasteiger partial charge on any atom is -0.497 e. The third-order valence-electron chi connectivity index (χ3n) is 2.98. The first-order chi connectivity index (χ1) is 9.19. The molecule has 3 rings (SSSR count). The van der Waals surface area contributed by atoms with Crippen LogP contribution in [-0.4, -0.2) is 26.8 Å². The van der Waals surface area contributed by atoms with Gasteiger partial charge in [0.1, 0.15) is 5.75 Å². The molecule has 0 aliphatic rings. The number of rotatable bonds is 2. The predicted molar refractivity (Wildman–Crippen MR) is 71.4 cm³/mol. The highest BCUT2D eigenvalue weighted by molar-refractivity contribution is 5.77. The average molecular weight is 255 g/mol. The van der Waals surface area contributed by atoms with Crippen LogP contribution in [0.25, 0.3) is 16.8 Å². The Morgan fingerprint density at radius 2 is 1.95 bits per heavy atom. The van der Waals surface area contributed by atoms with E-state index >= 15 is 0 Å². The van der Waals surface area contributed by atoms with Crippen LogP contribution in [0.5, 0.6) is 11.6 Å². The van der Waals surface area contributed by atoms with Crippen molar-refractivity contribution in [3.8, 4) is 22.8 Å². The number of hydrogen-bond acceptors (Lipinski definition) is 4. The van der Waals surface area contributed by atoms with Gasteiger partial charge in [0, 0.05) is 17.3 Å². The maximum Gasteiger partial charge on any atom is 0.215 e. The second-order valence-corrected chi connectivity index (χ2v) is 4.28. The molecular formula is C14H13N3O2. The van der Waals surface area contributed by atoms with Gasteiger partial charge in [-0.3, -0.25) is 0 Å². The fraction of sp³-hybridized carbons (Fsp3) is 0.143. The summed E-state index contributed by atoms with van der Waals surface area (Å²) >= 11 is 0. The van der Waals surface area contributed by atoms with Gasteiger partial charge in [-0.05, 0) is 24.6 Å². The summed E-state index contributed by atoms with van der Waals surface area (Å²) in [6, 6.07) is 9.23. The van der Waals surface area contributed by atoms with Crippen LogP contribution in [0.1, 0.15) is 5.69 Å². The Morgan fingerprint density at radius 1 is 1.21 bits per heavy atom. The maximum atomic E-state index is 9.83. The van der Waals surface area contributed by atoms with Crippen molar-refractivity contribution in [2.45, 2.75) is 6.92 Å². The minimum atomic E-state index is 0.0854. The number of aromatic nitrogens is 3. The van der Waals surface area contributed by atoms with Crippen molar-refractivity contribution >= 4 is 5.65 Å². The maximum absolute atomic E-state index is 9.83. The largest absolute Gasteiger partial charge is 0.497 e. The first-order valence-corrected chi connectivity index (χ1v) is 5.88. The van der Waals surface area contributed by atoms with Crippen LogP contribution >= 0.6 is 0 Å². The fourth-order valence-electron chi connectivity index (χ4n) is 2.04. The predicted octanol–water partition coefficient (Wildman–Crippen LogP) is 2.42. The van der Waals surface area contributed by atoms with Gasteiger partial charge in [0.2, 0.25) is 5.88 Å². The van der Waals surface area contributed by atoms with Crippen molar-refractivity contribution in [3.05, 3.63) is 42.2 Å². The molecule has 0 saturated carbocycles. The summed E-state index contributed by atoms with van der Waals surface area (Å²) < 4.78 is 6.56. The molecule has 2 heterocycles. The molecule has 5 heteroatoms. The van der Waals surface area contributed by atoms with E-state index in [1.165, 1.54) is 4.52 Å². The van der Waals surface area contributed by atoms with E-state index in [2.05, 4.69) is 10.1 Å². The summed E-state index contributed by atoms with van der Waals surface area (Å²) in [5, 5.41) is 14.0. The molecule has 0 unspecified atom stereocenters. The lowest BCUT2D eigenvalue weighted by molar-refractivity contribution is 0.415. The average Bonchev–Trinajstić information content (AvgIpc) is 2.83. The van der Waals surface area contributed by atoms with Crippen LogP contribution in [0.3, 0.4) is 0 Å². The van der Waals surface area contributed by atoms with Crippen LogP contribution in [0, 0.1) is 6.92 Å². The van der Waals surface area contributed by atoms with Gasteiger partial charge < -0.3 is 9.84 Å². The van der Waals surface area contributed by atoms with E-state index in [0.717, 1.165) is 22.6 Å². The summed E-state index contributed by atoms with van der Waals surface area (Å²) in [6.45, 7) is 1.84. The zero-order valence-electron chi connectivity index (χ0n) is 10.7. The van der Waals surface area contributed by atoms with Gasteiger partial charge >= 0.3 is 0 Å². The van der Waals surface area contributed by atoms with Crippen LogP contribution in [-0.2, 0) is 0 Å². The van der Waals surface area contributed by atoms with Crippen molar-refractivity contribution in [2.75, 3.05) is 7.11 Å². The van der Waals surface area contributed by atoms with E-state index < -0.39 is 0 Å². The molecule has 0 spiro atoms. The zero-order valence-corrected chi connectivity index (χ0v) is 10.7. The second-order valence-electron chi connectivity index (χ2n) is 4.28. The number of methoxy groups -OCH3 is 1. The Bertz CT molecular complexity index is 732. The molecule has 0 aliphatic heterocycles. The van der Waals surface area contributed by atoms with E-state index in [1.54, 1.807) is 19.4 Å². The first kappa shape index (κ1) is 11.5. The second kappa shape index (κ2) is 4.28. The van der Waals surface area contributed by atoms with Crippen LogP contribution in [0.2, 0.25) is 0 Å². The molecule has 5 nitrogen and oxygen atoms in total. The number of aryl methyl sites for hydroxylation is 1. The van der Waals surface area contributed by atoms with E-state index in [1.807, 2.05) is 31.2 Å². The number of fused-ring (bicyclic) bond motifs is 1. The summed E-state index contributed by atoms with van der Waals surface area (Å²) in [6.07, 6.45) is 1.70. The summed E-state index contributed by atoms with van der Waals surface area (Å²) in [5.41, 5.74) is 3.25. The van der Waals surface area contributed by atoms with Gasteiger partial charge in [-0.25, -0.2) is 4.98 Å². The fourth-order valence-corrected chi connectivity index (χ4v) is 2.04. The van der Waals surface area contributed by atoms with Crippen molar-refractivity contribution in [3.63, 3.8) is 0 Å². The Morgan fingerprint density at radius 3 is 2.63 bits per heavy atom. The Hall–Kier alpha value is -2.56. The third kappa shape index (κ3) is 1.89. The topological polar surface area (TPSA) is 59.7 Å². The summed E-state index contributed by atoms with van der Waals surface area (Å²) in [4.78, 5) is 4.42. The molecular weight excluding hydrogens is 242 g/mol. The van der Waals surface area contributed by atoms with Crippen LogP contribution in [0.15, 0.2) is 36.5 Å². The molecule has 0 saturated heterocycles.